The molecule has 0 saturated heterocycles. The number of carbonyl (C=O) groups is 1. The molecule has 0 saturated carbocycles. The van der Waals surface area contributed by atoms with Gasteiger partial charge < -0.3 is 10.1 Å². The van der Waals surface area contributed by atoms with Crippen molar-refractivity contribution in [1.82, 2.24) is 5.32 Å². The lowest BCUT2D eigenvalue weighted by molar-refractivity contribution is 0.0509. The van der Waals surface area contributed by atoms with E-state index in [1.165, 1.54) is 0 Å². The standard InChI is InChI=1S/C11H21NO2/c1-6-7-8-9(2)12-10(13)14-11(3,4)5/h6-7,9H,8H2,1-5H3,(H,12,13). The van der Waals surface area contributed by atoms with Crippen LogP contribution < -0.4 is 5.32 Å². The maximum Gasteiger partial charge on any atom is 0.407 e. The summed E-state index contributed by atoms with van der Waals surface area (Å²) in [6, 6.07) is 0.112. The number of hydrogen-bond donors (Lipinski definition) is 1. The predicted octanol–water partition coefficient (Wildman–Crippen LogP) is 2.87. The first kappa shape index (κ1) is 13.0. The number of allylic oxidation sites excluding steroid dienone is 1. The Balaban J connectivity index is 3.83. The summed E-state index contributed by atoms with van der Waals surface area (Å²) < 4.78 is 5.11. The van der Waals surface area contributed by atoms with Gasteiger partial charge in [-0.3, -0.25) is 0 Å². The van der Waals surface area contributed by atoms with Crippen LogP contribution in [0.2, 0.25) is 0 Å². The van der Waals surface area contributed by atoms with Crippen molar-refractivity contribution in [3.05, 3.63) is 12.2 Å². The van der Waals surface area contributed by atoms with E-state index in [9.17, 15) is 4.79 Å². The van der Waals surface area contributed by atoms with Crippen LogP contribution >= 0.6 is 0 Å². The summed E-state index contributed by atoms with van der Waals surface area (Å²) in [5.41, 5.74) is -0.426. The van der Waals surface area contributed by atoms with Gasteiger partial charge in [-0.15, -0.1) is 0 Å². The third-order valence-electron chi connectivity index (χ3n) is 1.49. The van der Waals surface area contributed by atoms with Gasteiger partial charge in [0.15, 0.2) is 0 Å². The molecule has 1 N–H and O–H groups in total. The highest BCUT2D eigenvalue weighted by atomic mass is 16.6. The van der Waals surface area contributed by atoms with Crippen molar-refractivity contribution in [2.45, 2.75) is 52.7 Å². The zero-order valence-corrected chi connectivity index (χ0v) is 9.76. The summed E-state index contributed by atoms with van der Waals surface area (Å²) >= 11 is 0. The van der Waals surface area contributed by atoms with Crippen molar-refractivity contribution < 1.29 is 9.53 Å². The van der Waals surface area contributed by atoms with Gasteiger partial charge in [0.05, 0.1) is 0 Å². The molecule has 0 aliphatic rings. The average molecular weight is 199 g/mol. The topological polar surface area (TPSA) is 38.3 Å². The van der Waals surface area contributed by atoms with Crippen molar-refractivity contribution in [2.75, 3.05) is 0 Å². The second kappa shape index (κ2) is 5.68. The first-order valence-electron chi connectivity index (χ1n) is 4.96. The number of alkyl carbamates (subject to hydrolysis) is 1. The molecule has 0 radical (unpaired) electrons. The van der Waals surface area contributed by atoms with Crippen LogP contribution in [0.4, 0.5) is 4.79 Å². The lowest BCUT2D eigenvalue weighted by Crippen LogP contribution is -2.37. The minimum absolute atomic E-state index is 0.112. The minimum atomic E-state index is -0.426. The maximum atomic E-state index is 11.3. The number of hydrogen-bond acceptors (Lipinski definition) is 2. The van der Waals surface area contributed by atoms with Gasteiger partial charge in [-0.1, -0.05) is 12.2 Å². The summed E-state index contributed by atoms with van der Waals surface area (Å²) in [7, 11) is 0. The molecule has 3 nitrogen and oxygen atoms in total. The Bertz CT molecular complexity index is 204. The molecule has 0 aromatic carbocycles. The first-order chi connectivity index (χ1) is 6.35. The minimum Gasteiger partial charge on any atom is -0.444 e. The fraction of sp³-hybridized carbons (Fsp3) is 0.727. The number of rotatable bonds is 3. The molecule has 82 valence electrons. The Morgan fingerprint density at radius 3 is 2.50 bits per heavy atom. The third kappa shape index (κ3) is 7.65. The zero-order chi connectivity index (χ0) is 11.2. The highest BCUT2D eigenvalue weighted by Gasteiger charge is 2.16. The van der Waals surface area contributed by atoms with Gasteiger partial charge in [0.1, 0.15) is 5.60 Å². The molecule has 1 unspecified atom stereocenters. The van der Waals surface area contributed by atoms with Crippen LogP contribution in [0.25, 0.3) is 0 Å². The van der Waals surface area contributed by atoms with Gasteiger partial charge in [-0.05, 0) is 41.0 Å². The summed E-state index contributed by atoms with van der Waals surface area (Å²) in [6.45, 7) is 9.46. The van der Waals surface area contributed by atoms with Crippen molar-refractivity contribution in [3.8, 4) is 0 Å². The highest BCUT2D eigenvalue weighted by molar-refractivity contribution is 5.68. The molecular weight excluding hydrogens is 178 g/mol. The van der Waals surface area contributed by atoms with Crippen LogP contribution in [0.5, 0.6) is 0 Å². The van der Waals surface area contributed by atoms with E-state index in [1.54, 1.807) is 0 Å². The van der Waals surface area contributed by atoms with Crippen LogP contribution in [0.15, 0.2) is 12.2 Å². The molecule has 0 heterocycles. The van der Waals surface area contributed by atoms with Crippen LogP contribution in [-0.4, -0.2) is 17.7 Å². The molecule has 0 rings (SSSR count). The van der Waals surface area contributed by atoms with Crippen molar-refractivity contribution in [2.24, 2.45) is 0 Å². The molecule has 0 aliphatic carbocycles. The summed E-state index contributed by atoms with van der Waals surface area (Å²) in [4.78, 5) is 11.3. The second-order valence-corrected chi connectivity index (χ2v) is 4.35. The van der Waals surface area contributed by atoms with Crippen molar-refractivity contribution in [1.29, 1.82) is 0 Å². The molecule has 0 aliphatic heterocycles. The van der Waals surface area contributed by atoms with Gasteiger partial charge >= 0.3 is 6.09 Å². The molecule has 0 bridgehead atoms. The summed E-state index contributed by atoms with van der Waals surface area (Å²) in [5.74, 6) is 0. The van der Waals surface area contributed by atoms with E-state index in [1.807, 2.05) is 46.8 Å². The van der Waals surface area contributed by atoms with E-state index in [4.69, 9.17) is 4.74 Å². The molecule has 1 atom stereocenters. The molecule has 0 aromatic rings. The molecular formula is C11H21NO2. The average Bonchev–Trinajstić information content (AvgIpc) is 1.96. The van der Waals surface area contributed by atoms with Gasteiger partial charge in [-0.25, -0.2) is 4.79 Å². The monoisotopic (exact) mass is 199 g/mol. The lowest BCUT2D eigenvalue weighted by atomic mass is 10.2. The number of ether oxygens (including phenoxy) is 1. The molecule has 14 heavy (non-hydrogen) atoms. The summed E-state index contributed by atoms with van der Waals surface area (Å²) in [6.07, 6.45) is 4.46. The first-order valence-corrected chi connectivity index (χ1v) is 4.96. The molecule has 3 heteroatoms. The Morgan fingerprint density at radius 2 is 2.07 bits per heavy atom. The Morgan fingerprint density at radius 1 is 1.50 bits per heavy atom. The summed E-state index contributed by atoms with van der Waals surface area (Å²) in [5, 5.41) is 2.76. The van der Waals surface area contributed by atoms with E-state index in [0.29, 0.717) is 0 Å². The van der Waals surface area contributed by atoms with E-state index >= 15 is 0 Å². The van der Waals surface area contributed by atoms with Crippen LogP contribution in [0.1, 0.15) is 41.0 Å². The zero-order valence-electron chi connectivity index (χ0n) is 9.76. The van der Waals surface area contributed by atoms with Crippen LogP contribution in [-0.2, 0) is 4.74 Å². The van der Waals surface area contributed by atoms with E-state index in [0.717, 1.165) is 6.42 Å². The van der Waals surface area contributed by atoms with E-state index < -0.39 is 5.60 Å². The Kier molecular flexibility index (Phi) is 5.28. The fourth-order valence-electron chi connectivity index (χ4n) is 0.908. The van der Waals surface area contributed by atoms with Gasteiger partial charge in [-0.2, -0.15) is 0 Å². The SMILES string of the molecule is CC=CCC(C)NC(=O)OC(C)(C)C. The quantitative estimate of drug-likeness (QED) is 0.710. The number of carbonyl (C=O) groups excluding carboxylic acids is 1. The van der Waals surface area contributed by atoms with Gasteiger partial charge in [0.25, 0.3) is 0 Å². The molecule has 1 amide bonds. The lowest BCUT2D eigenvalue weighted by Gasteiger charge is -2.21. The largest absolute Gasteiger partial charge is 0.444 e. The second-order valence-electron chi connectivity index (χ2n) is 4.35. The molecule has 0 spiro atoms. The van der Waals surface area contributed by atoms with Crippen LogP contribution in [0, 0.1) is 0 Å². The highest BCUT2D eigenvalue weighted by Crippen LogP contribution is 2.07. The third-order valence-corrected chi connectivity index (χ3v) is 1.49. The smallest absolute Gasteiger partial charge is 0.407 e. The molecule has 0 aromatic heterocycles. The van der Waals surface area contributed by atoms with E-state index in [-0.39, 0.29) is 12.1 Å². The predicted molar refractivity (Wildman–Crippen MR) is 58.3 cm³/mol. The maximum absolute atomic E-state index is 11.3. The fourth-order valence-corrected chi connectivity index (χ4v) is 0.908. The Hall–Kier alpha value is -0.990. The number of amides is 1. The number of nitrogens with one attached hydrogen (secondary N) is 1. The molecule has 0 fully saturated rings. The van der Waals surface area contributed by atoms with Gasteiger partial charge in [0.2, 0.25) is 0 Å². The van der Waals surface area contributed by atoms with Crippen molar-refractivity contribution in [3.63, 3.8) is 0 Å². The Labute approximate surface area is 86.5 Å². The van der Waals surface area contributed by atoms with Crippen molar-refractivity contribution >= 4 is 6.09 Å². The normalized spacial score (nSPS) is 14.1. The van der Waals surface area contributed by atoms with Gasteiger partial charge in [0, 0.05) is 6.04 Å². The van der Waals surface area contributed by atoms with Crippen LogP contribution in [0.3, 0.4) is 0 Å². The van der Waals surface area contributed by atoms with E-state index in [2.05, 4.69) is 5.32 Å².